The molecule has 0 saturated carbocycles. The van der Waals surface area contributed by atoms with Gasteiger partial charge in [-0.3, -0.25) is 9.59 Å². The van der Waals surface area contributed by atoms with E-state index in [4.69, 9.17) is 0 Å². The van der Waals surface area contributed by atoms with Crippen LogP contribution in [0.3, 0.4) is 0 Å². The fourth-order valence-corrected chi connectivity index (χ4v) is 2.09. The van der Waals surface area contributed by atoms with Crippen LogP contribution in [0.5, 0.6) is 0 Å². The predicted octanol–water partition coefficient (Wildman–Crippen LogP) is 1.38. The van der Waals surface area contributed by atoms with Crippen LogP contribution in [-0.2, 0) is 4.79 Å². The van der Waals surface area contributed by atoms with E-state index in [1.807, 2.05) is 13.8 Å². The molecule has 0 fully saturated rings. The van der Waals surface area contributed by atoms with Crippen molar-refractivity contribution in [3.63, 3.8) is 0 Å². The number of amides is 2. The molecule has 0 bridgehead atoms. The Balaban J connectivity index is 2.72. The van der Waals surface area contributed by atoms with E-state index in [1.165, 1.54) is 16.2 Å². The molecule has 0 radical (unpaired) electrons. The molecule has 6 heteroatoms. The van der Waals surface area contributed by atoms with Crippen molar-refractivity contribution in [3.8, 4) is 0 Å². The highest BCUT2D eigenvalue weighted by Crippen LogP contribution is 2.08. The zero-order chi connectivity index (χ0) is 13.7. The highest BCUT2D eigenvalue weighted by Gasteiger charge is 2.24. The van der Waals surface area contributed by atoms with Crippen LogP contribution < -0.4 is 5.32 Å². The molecule has 2 amide bonds. The number of hydrogen-bond donors (Lipinski definition) is 1. The van der Waals surface area contributed by atoms with E-state index < -0.39 is 6.04 Å². The maximum absolute atomic E-state index is 12.0. The van der Waals surface area contributed by atoms with E-state index in [0.717, 1.165) is 0 Å². The summed E-state index contributed by atoms with van der Waals surface area (Å²) in [7, 11) is 3.37. The summed E-state index contributed by atoms with van der Waals surface area (Å²) in [6.07, 6.45) is 0.618. The van der Waals surface area contributed by atoms with Gasteiger partial charge in [0.2, 0.25) is 5.91 Å². The number of hydrogen-bond acceptors (Lipinski definition) is 4. The summed E-state index contributed by atoms with van der Waals surface area (Å²) >= 11 is 1.36. The van der Waals surface area contributed by atoms with Crippen molar-refractivity contribution in [1.29, 1.82) is 0 Å². The quantitative estimate of drug-likeness (QED) is 0.878. The van der Waals surface area contributed by atoms with Gasteiger partial charge >= 0.3 is 0 Å². The molecule has 0 aliphatic carbocycles. The molecule has 0 aliphatic heterocycles. The van der Waals surface area contributed by atoms with E-state index in [0.29, 0.717) is 18.0 Å². The van der Waals surface area contributed by atoms with Crippen molar-refractivity contribution in [2.24, 2.45) is 5.92 Å². The fraction of sp³-hybridized carbons (Fsp3) is 0.583. The average Bonchev–Trinajstić information content (AvgIpc) is 2.79. The van der Waals surface area contributed by atoms with Gasteiger partial charge in [-0.2, -0.15) is 0 Å². The Hall–Kier alpha value is -1.43. The topological polar surface area (TPSA) is 62.3 Å². The molecule has 0 aliphatic rings. The van der Waals surface area contributed by atoms with Crippen molar-refractivity contribution < 1.29 is 9.59 Å². The molecule has 100 valence electrons. The Labute approximate surface area is 111 Å². The summed E-state index contributed by atoms with van der Waals surface area (Å²) in [5.41, 5.74) is 1.96. The summed E-state index contributed by atoms with van der Waals surface area (Å²) in [6.45, 7) is 4.04. The zero-order valence-corrected chi connectivity index (χ0v) is 12.0. The number of rotatable bonds is 5. The maximum atomic E-state index is 12.0. The normalized spacial score (nSPS) is 12.3. The van der Waals surface area contributed by atoms with Crippen LogP contribution in [0.4, 0.5) is 0 Å². The smallest absolute Gasteiger partial charge is 0.271 e. The average molecular weight is 269 g/mol. The second-order valence-corrected chi connectivity index (χ2v) is 5.48. The lowest BCUT2D eigenvalue weighted by atomic mass is 10.0. The molecule has 1 aromatic rings. The van der Waals surface area contributed by atoms with Gasteiger partial charge in [-0.25, -0.2) is 4.98 Å². The van der Waals surface area contributed by atoms with Crippen LogP contribution in [0.15, 0.2) is 10.9 Å². The van der Waals surface area contributed by atoms with Gasteiger partial charge in [0, 0.05) is 19.5 Å². The fourth-order valence-electron chi connectivity index (χ4n) is 1.56. The predicted molar refractivity (Wildman–Crippen MR) is 71.5 cm³/mol. The van der Waals surface area contributed by atoms with Crippen LogP contribution in [0.25, 0.3) is 0 Å². The third-order valence-electron chi connectivity index (χ3n) is 2.42. The summed E-state index contributed by atoms with van der Waals surface area (Å²) in [5.74, 6) is -0.0565. The van der Waals surface area contributed by atoms with Crippen LogP contribution in [0, 0.1) is 5.92 Å². The lowest BCUT2D eigenvalue weighted by Gasteiger charge is -2.22. The van der Waals surface area contributed by atoms with Crippen molar-refractivity contribution in [1.82, 2.24) is 15.2 Å². The Morgan fingerprint density at radius 3 is 2.56 bits per heavy atom. The van der Waals surface area contributed by atoms with Crippen molar-refractivity contribution in [2.45, 2.75) is 26.3 Å². The minimum atomic E-state index is -0.491. The van der Waals surface area contributed by atoms with E-state index in [2.05, 4.69) is 10.3 Å². The number of thiazole rings is 1. The van der Waals surface area contributed by atoms with Crippen molar-refractivity contribution in [3.05, 3.63) is 16.6 Å². The van der Waals surface area contributed by atoms with E-state index in [9.17, 15) is 9.59 Å². The van der Waals surface area contributed by atoms with Crippen molar-refractivity contribution in [2.75, 3.05) is 14.1 Å². The molecule has 1 N–H and O–H groups in total. The molecule has 5 nitrogen and oxygen atoms in total. The van der Waals surface area contributed by atoms with Gasteiger partial charge in [0.15, 0.2) is 0 Å². The molecule has 0 spiro atoms. The second kappa shape index (κ2) is 6.49. The maximum Gasteiger partial charge on any atom is 0.271 e. The number of carbonyl (C=O) groups excluding carboxylic acids is 2. The van der Waals surface area contributed by atoms with Gasteiger partial charge in [0.1, 0.15) is 11.7 Å². The number of nitrogens with zero attached hydrogens (tertiary/aromatic N) is 2. The highest BCUT2D eigenvalue weighted by molar-refractivity contribution is 7.07. The summed E-state index contributed by atoms with van der Waals surface area (Å²) in [5, 5.41) is 4.41. The SMILES string of the molecule is CC(C)CC(NC(=O)c1cscn1)C(=O)N(C)C. The third-order valence-corrected chi connectivity index (χ3v) is 3.00. The first-order valence-electron chi connectivity index (χ1n) is 5.82. The van der Waals surface area contributed by atoms with Gasteiger partial charge in [0.25, 0.3) is 5.91 Å². The van der Waals surface area contributed by atoms with Crippen LogP contribution in [0.1, 0.15) is 30.8 Å². The zero-order valence-electron chi connectivity index (χ0n) is 11.1. The minimum Gasteiger partial charge on any atom is -0.347 e. The van der Waals surface area contributed by atoms with Gasteiger partial charge < -0.3 is 10.2 Å². The Morgan fingerprint density at radius 1 is 1.44 bits per heavy atom. The number of aromatic nitrogens is 1. The number of carbonyl (C=O) groups is 2. The molecule has 1 atom stereocenters. The van der Waals surface area contributed by atoms with Gasteiger partial charge in [0.05, 0.1) is 5.51 Å². The molecule has 1 aromatic heterocycles. The number of nitrogens with one attached hydrogen (secondary N) is 1. The van der Waals surface area contributed by atoms with Gasteiger partial charge in [-0.15, -0.1) is 11.3 Å². The monoisotopic (exact) mass is 269 g/mol. The first-order chi connectivity index (χ1) is 8.41. The van der Waals surface area contributed by atoms with Gasteiger partial charge in [-0.1, -0.05) is 13.8 Å². The van der Waals surface area contributed by atoms with Crippen LogP contribution in [-0.4, -0.2) is 41.8 Å². The molecule has 0 saturated heterocycles. The van der Waals surface area contributed by atoms with Crippen molar-refractivity contribution >= 4 is 23.2 Å². The third kappa shape index (κ3) is 4.10. The van der Waals surface area contributed by atoms with Crippen LogP contribution in [0.2, 0.25) is 0 Å². The lowest BCUT2D eigenvalue weighted by molar-refractivity contribution is -0.131. The molecule has 1 rings (SSSR count). The lowest BCUT2D eigenvalue weighted by Crippen LogP contribution is -2.47. The molecule has 1 heterocycles. The molecule has 1 unspecified atom stereocenters. The standard InChI is InChI=1S/C12H19N3O2S/c1-8(2)5-9(12(17)15(3)4)14-11(16)10-6-18-7-13-10/h6-9H,5H2,1-4H3,(H,14,16). The molecule has 0 aromatic carbocycles. The van der Waals surface area contributed by atoms with E-state index in [-0.39, 0.29) is 11.8 Å². The molecular formula is C12H19N3O2S. The Morgan fingerprint density at radius 2 is 2.11 bits per heavy atom. The van der Waals surface area contributed by atoms with Crippen LogP contribution >= 0.6 is 11.3 Å². The molecule has 18 heavy (non-hydrogen) atoms. The Bertz CT molecular complexity index is 401. The highest BCUT2D eigenvalue weighted by atomic mass is 32.1. The first-order valence-corrected chi connectivity index (χ1v) is 6.76. The second-order valence-electron chi connectivity index (χ2n) is 4.76. The summed E-state index contributed by atoms with van der Waals surface area (Å²) in [4.78, 5) is 29.3. The summed E-state index contributed by atoms with van der Waals surface area (Å²) < 4.78 is 0. The van der Waals surface area contributed by atoms with Gasteiger partial charge in [-0.05, 0) is 12.3 Å². The summed E-state index contributed by atoms with van der Waals surface area (Å²) in [6, 6.07) is -0.491. The Kier molecular flexibility index (Phi) is 5.27. The van der Waals surface area contributed by atoms with E-state index >= 15 is 0 Å². The molecular weight excluding hydrogens is 250 g/mol. The first kappa shape index (κ1) is 14.6. The minimum absolute atomic E-state index is 0.0905. The van der Waals surface area contributed by atoms with E-state index in [1.54, 1.807) is 25.0 Å². The number of likely N-dealkylation sites (N-methyl/N-ethyl adjacent to an activating group) is 1. The largest absolute Gasteiger partial charge is 0.347 e.